The van der Waals surface area contributed by atoms with Gasteiger partial charge in [0.25, 0.3) is 0 Å². The van der Waals surface area contributed by atoms with Crippen molar-refractivity contribution in [2.45, 2.75) is 51.7 Å². The van der Waals surface area contributed by atoms with Crippen molar-refractivity contribution in [2.75, 3.05) is 6.61 Å². The lowest BCUT2D eigenvalue weighted by Gasteiger charge is -2.21. The highest BCUT2D eigenvalue weighted by Crippen LogP contribution is 2.16. The van der Waals surface area contributed by atoms with E-state index in [2.05, 4.69) is 5.32 Å². The van der Waals surface area contributed by atoms with Crippen molar-refractivity contribution in [1.29, 1.82) is 0 Å². The summed E-state index contributed by atoms with van der Waals surface area (Å²) < 4.78 is 5.47. The molecule has 2 atom stereocenters. The van der Waals surface area contributed by atoms with Crippen molar-refractivity contribution in [3.63, 3.8) is 0 Å². The fraction of sp³-hybridized carbons (Fsp3) is 0.833. The lowest BCUT2D eigenvalue weighted by Crippen LogP contribution is -2.46. The van der Waals surface area contributed by atoms with Gasteiger partial charge in [0.05, 0.1) is 17.1 Å². The summed E-state index contributed by atoms with van der Waals surface area (Å²) in [6.45, 7) is 4.81. The van der Waals surface area contributed by atoms with Crippen molar-refractivity contribution in [2.24, 2.45) is 11.7 Å². The normalized spacial score (nSPS) is 21.5. The molecular weight excluding hydrogens is 236 g/mol. The van der Waals surface area contributed by atoms with Crippen molar-refractivity contribution < 1.29 is 9.53 Å². The van der Waals surface area contributed by atoms with Crippen molar-refractivity contribution in [3.05, 3.63) is 0 Å². The summed E-state index contributed by atoms with van der Waals surface area (Å²) >= 11 is 4.94. The van der Waals surface area contributed by atoms with Crippen LogP contribution in [0.5, 0.6) is 0 Å². The monoisotopic (exact) mass is 258 g/mol. The lowest BCUT2D eigenvalue weighted by molar-refractivity contribution is -0.122. The molecule has 0 bridgehead atoms. The highest BCUT2D eigenvalue weighted by molar-refractivity contribution is 7.80. The summed E-state index contributed by atoms with van der Waals surface area (Å²) in [6.07, 6.45) is 3.69. The maximum atomic E-state index is 11.7. The number of rotatable bonds is 6. The molecule has 98 valence electrons. The van der Waals surface area contributed by atoms with Gasteiger partial charge in [0, 0.05) is 13.0 Å². The summed E-state index contributed by atoms with van der Waals surface area (Å²) in [7, 11) is 0. The molecule has 3 N–H and O–H groups in total. The van der Waals surface area contributed by atoms with E-state index in [1.54, 1.807) is 0 Å². The van der Waals surface area contributed by atoms with Gasteiger partial charge < -0.3 is 15.8 Å². The summed E-state index contributed by atoms with van der Waals surface area (Å²) in [6, 6.07) is -0.206. The first-order valence-corrected chi connectivity index (χ1v) is 6.61. The van der Waals surface area contributed by atoms with Crippen LogP contribution in [0, 0.1) is 5.92 Å². The Balaban J connectivity index is 2.29. The SMILES string of the molecule is CC(C)C(NC(=O)CCC1CCCO1)C(N)=S. The number of hydrogen-bond donors (Lipinski definition) is 2. The summed E-state index contributed by atoms with van der Waals surface area (Å²) in [4.78, 5) is 12.1. The fourth-order valence-electron chi connectivity index (χ4n) is 1.98. The minimum atomic E-state index is -0.206. The summed E-state index contributed by atoms with van der Waals surface area (Å²) in [5, 5.41) is 2.88. The first kappa shape index (κ1) is 14.4. The molecule has 0 aromatic rings. The molecule has 2 unspecified atom stereocenters. The van der Waals surface area contributed by atoms with Gasteiger partial charge in [0.2, 0.25) is 5.91 Å². The molecule has 0 aromatic heterocycles. The van der Waals surface area contributed by atoms with E-state index in [0.29, 0.717) is 11.4 Å². The van der Waals surface area contributed by atoms with Gasteiger partial charge in [-0.25, -0.2) is 0 Å². The second kappa shape index (κ2) is 6.91. The molecular formula is C12H22N2O2S. The van der Waals surface area contributed by atoms with Gasteiger partial charge in [-0.1, -0.05) is 26.1 Å². The van der Waals surface area contributed by atoms with Crippen molar-refractivity contribution >= 4 is 23.1 Å². The Morgan fingerprint density at radius 2 is 2.29 bits per heavy atom. The third-order valence-electron chi connectivity index (χ3n) is 3.01. The smallest absolute Gasteiger partial charge is 0.220 e. The summed E-state index contributed by atoms with van der Waals surface area (Å²) in [5.74, 6) is 0.228. The number of nitrogens with one attached hydrogen (secondary N) is 1. The number of nitrogens with two attached hydrogens (primary N) is 1. The molecule has 0 aromatic carbocycles. The zero-order valence-corrected chi connectivity index (χ0v) is 11.4. The van der Waals surface area contributed by atoms with Crippen LogP contribution in [-0.4, -0.2) is 29.6 Å². The molecule has 17 heavy (non-hydrogen) atoms. The van der Waals surface area contributed by atoms with Crippen LogP contribution >= 0.6 is 12.2 Å². The van der Waals surface area contributed by atoms with Gasteiger partial charge in [0.1, 0.15) is 0 Å². The Hall–Kier alpha value is -0.680. The number of hydrogen-bond acceptors (Lipinski definition) is 3. The second-order valence-electron chi connectivity index (χ2n) is 4.87. The Kier molecular flexibility index (Phi) is 5.85. The second-order valence-corrected chi connectivity index (χ2v) is 5.34. The van der Waals surface area contributed by atoms with Gasteiger partial charge in [0.15, 0.2) is 0 Å². The van der Waals surface area contributed by atoms with E-state index in [0.717, 1.165) is 25.9 Å². The number of thiocarbonyl (C=S) groups is 1. The molecule has 0 radical (unpaired) electrons. The molecule has 0 aliphatic carbocycles. The average Bonchev–Trinajstić information content (AvgIpc) is 2.74. The van der Waals surface area contributed by atoms with E-state index in [4.69, 9.17) is 22.7 Å². The van der Waals surface area contributed by atoms with Gasteiger partial charge in [-0.05, 0) is 25.2 Å². The Morgan fingerprint density at radius 3 is 2.76 bits per heavy atom. The van der Waals surface area contributed by atoms with E-state index in [1.807, 2.05) is 13.8 Å². The molecule has 1 saturated heterocycles. The van der Waals surface area contributed by atoms with E-state index in [9.17, 15) is 4.79 Å². The molecule has 0 spiro atoms. The van der Waals surface area contributed by atoms with E-state index in [-0.39, 0.29) is 24.0 Å². The maximum Gasteiger partial charge on any atom is 0.220 e. The number of amides is 1. The van der Waals surface area contributed by atoms with E-state index < -0.39 is 0 Å². The Bertz CT molecular complexity index is 276. The minimum absolute atomic E-state index is 0.00648. The first-order chi connectivity index (χ1) is 8.00. The van der Waals surface area contributed by atoms with E-state index >= 15 is 0 Å². The molecule has 1 aliphatic heterocycles. The third kappa shape index (κ3) is 5.00. The van der Waals surface area contributed by atoms with Gasteiger partial charge in [-0.3, -0.25) is 4.79 Å². The maximum absolute atomic E-state index is 11.7. The highest BCUT2D eigenvalue weighted by atomic mass is 32.1. The number of carbonyl (C=O) groups excluding carboxylic acids is 1. The van der Waals surface area contributed by atoms with Gasteiger partial charge >= 0.3 is 0 Å². The molecule has 1 aliphatic rings. The average molecular weight is 258 g/mol. The Labute approximate surface area is 108 Å². The molecule has 1 rings (SSSR count). The van der Waals surface area contributed by atoms with Crippen molar-refractivity contribution in [3.8, 4) is 0 Å². The predicted octanol–water partition coefficient (Wildman–Crippen LogP) is 1.37. The minimum Gasteiger partial charge on any atom is -0.392 e. The topological polar surface area (TPSA) is 64.3 Å². The van der Waals surface area contributed by atoms with Crippen LogP contribution in [0.4, 0.5) is 0 Å². The largest absolute Gasteiger partial charge is 0.392 e. The first-order valence-electron chi connectivity index (χ1n) is 6.21. The Morgan fingerprint density at radius 1 is 1.59 bits per heavy atom. The molecule has 5 heteroatoms. The highest BCUT2D eigenvalue weighted by Gasteiger charge is 2.20. The number of ether oxygens (including phenoxy) is 1. The zero-order valence-electron chi connectivity index (χ0n) is 10.6. The van der Waals surface area contributed by atoms with Gasteiger partial charge in [-0.15, -0.1) is 0 Å². The summed E-state index contributed by atoms with van der Waals surface area (Å²) in [5.41, 5.74) is 5.60. The predicted molar refractivity (Wildman–Crippen MR) is 71.8 cm³/mol. The van der Waals surface area contributed by atoms with Crippen LogP contribution < -0.4 is 11.1 Å². The number of carbonyl (C=O) groups is 1. The molecule has 0 saturated carbocycles. The third-order valence-corrected chi connectivity index (χ3v) is 3.26. The van der Waals surface area contributed by atoms with Crippen LogP contribution in [0.25, 0.3) is 0 Å². The van der Waals surface area contributed by atoms with Crippen LogP contribution in [-0.2, 0) is 9.53 Å². The quantitative estimate of drug-likeness (QED) is 0.706. The molecule has 4 nitrogen and oxygen atoms in total. The van der Waals surface area contributed by atoms with Crippen molar-refractivity contribution in [1.82, 2.24) is 5.32 Å². The standard InChI is InChI=1S/C12H22N2O2S/c1-8(2)11(12(13)17)14-10(15)6-5-9-4-3-7-16-9/h8-9,11H,3-7H2,1-2H3,(H2,13,17)(H,14,15). The van der Waals surface area contributed by atoms with E-state index in [1.165, 1.54) is 0 Å². The fourth-order valence-corrected chi connectivity index (χ4v) is 2.31. The van der Waals surface area contributed by atoms with Crippen LogP contribution in [0.1, 0.15) is 39.5 Å². The molecule has 1 fully saturated rings. The van der Waals surface area contributed by atoms with Gasteiger partial charge in [-0.2, -0.15) is 0 Å². The van der Waals surface area contributed by atoms with Crippen LogP contribution in [0.15, 0.2) is 0 Å². The molecule has 1 amide bonds. The molecule has 1 heterocycles. The lowest BCUT2D eigenvalue weighted by atomic mass is 10.0. The van der Waals surface area contributed by atoms with Crippen LogP contribution in [0.2, 0.25) is 0 Å². The van der Waals surface area contributed by atoms with Crippen LogP contribution in [0.3, 0.4) is 0 Å². The zero-order chi connectivity index (χ0) is 12.8.